The Labute approximate surface area is 317 Å². The summed E-state index contributed by atoms with van der Waals surface area (Å²) in [6.45, 7) is 0. The van der Waals surface area contributed by atoms with Gasteiger partial charge in [-0.25, -0.2) is 0 Å². The first-order valence-electron chi connectivity index (χ1n) is 17.5. The van der Waals surface area contributed by atoms with E-state index in [1.54, 1.807) is 5.30 Å². The quantitative estimate of drug-likeness (QED) is 0.0637. The summed E-state index contributed by atoms with van der Waals surface area (Å²) in [5.41, 5.74) is 16.1. The van der Waals surface area contributed by atoms with E-state index in [1.165, 1.54) is 86.7 Å². The smallest absolute Gasteiger partial charge is 0.261 e. The maximum atomic E-state index is 9.19. The van der Waals surface area contributed by atoms with E-state index < -0.39 is 10.1 Å². The fraction of sp³-hybridized carbons (Fsp3) is 0.415. The van der Waals surface area contributed by atoms with Crippen LogP contribution in [-0.2, 0) is 30.5 Å². The van der Waals surface area contributed by atoms with Gasteiger partial charge in [0.05, 0.1) is 6.26 Å². The van der Waals surface area contributed by atoms with E-state index in [0.717, 1.165) is 28.1 Å². The van der Waals surface area contributed by atoms with Crippen LogP contribution in [0.5, 0.6) is 0 Å². The predicted octanol–water partition coefficient (Wildman–Crippen LogP) is 9.50. The summed E-state index contributed by atoms with van der Waals surface area (Å²) in [6.07, 6.45) is 15.2. The molecule has 6 rings (SSSR count). The minimum Gasteiger partial charge on any atom is -0.406 e. The van der Waals surface area contributed by atoms with Crippen molar-refractivity contribution in [3.63, 3.8) is 0 Å². The van der Waals surface area contributed by atoms with E-state index in [2.05, 4.69) is 86.5 Å². The van der Waals surface area contributed by atoms with Gasteiger partial charge in [-0.15, -0.1) is 35.9 Å². The Hall–Kier alpha value is -2.72. The van der Waals surface area contributed by atoms with Gasteiger partial charge in [0.1, 0.15) is 0 Å². The normalized spacial score (nSPS) is 15.1. The van der Waals surface area contributed by atoms with Crippen molar-refractivity contribution < 1.29 is 33.4 Å². The summed E-state index contributed by atoms with van der Waals surface area (Å²) < 4.78 is 25.9. The molecule has 0 saturated heterocycles. The van der Waals surface area contributed by atoms with Crippen molar-refractivity contribution in [3.05, 3.63) is 97.1 Å². The molecule has 9 heteroatoms. The fourth-order valence-electron chi connectivity index (χ4n) is 7.17. The second-order valence-corrected chi connectivity index (χ2v) is 17.8. The number of benzene rings is 4. The van der Waals surface area contributed by atoms with Crippen molar-refractivity contribution >= 4 is 40.4 Å². The first-order valence-corrected chi connectivity index (χ1v) is 20.9. The Morgan fingerprint density at radius 1 is 0.680 bits per heavy atom. The summed E-state index contributed by atoms with van der Waals surface area (Å²) >= 11 is 0. The Bertz CT molecular complexity index is 1660. The summed E-state index contributed by atoms with van der Waals surface area (Å²) in [5, 5.41) is 1.69. The average Bonchev–Trinajstić information content (AvgIpc) is 3.09. The number of anilines is 3. The summed E-state index contributed by atoms with van der Waals surface area (Å²) in [5.74, 6) is 0. The molecule has 2 aliphatic carbocycles. The molecule has 0 radical (unpaired) electrons. The van der Waals surface area contributed by atoms with Gasteiger partial charge in [0.15, 0.2) is 0 Å². The van der Waals surface area contributed by atoms with Gasteiger partial charge < -0.3 is 15.5 Å². The van der Waals surface area contributed by atoms with Crippen LogP contribution < -0.4 is 20.8 Å². The summed E-state index contributed by atoms with van der Waals surface area (Å²) in [4.78, 5) is 4.59. The first kappa shape index (κ1) is 41.7. The second-order valence-electron chi connectivity index (χ2n) is 13.6. The van der Waals surface area contributed by atoms with Crippen LogP contribution in [-0.4, -0.2) is 58.7 Å². The van der Waals surface area contributed by atoms with Gasteiger partial charge in [-0.1, -0.05) is 101 Å². The molecule has 274 valence electrons. The van der Waals surface area contributed by atoms with Crippen molar-refractivity contribution in [2.75, 3.05) is 50.0 Å². The number of nitrogens with zero attached hydrogens (tertiary/aromatic N) is 2. The summed E-state index contributed by atoms with van der Waals surface area (Å²) in [7, 11) is 4.94. The Morgan fingerprint density at radius 3 is 1.60 bits per heavy atom. The zero-order valence-corrected chi connectivity index (χ0v) is 33.6. The molecule has 0 aliphatic heterocycles. The Morgan fingerprint density at radius 2 is 1.14 bits per heavy atom. The van der Waals surface area contributed by atoms with Crippen molar-refractivity contribution in [2.45, 2.75) is 75.5 Å². The maximum Gasteiger partial charge on any atom is 0.261 e. The van der Waals surface area contributed by atoms with Crippen LogP contribution in [0.4, 0.5) is 17.1 Å². The molecule has 0 atom stereocenters. The van der Waals surface area contributed by atoms with Gasteiger partial charge in [0.25, 0.3) is 10.1 Å². The third-order valence-corrected chi connectivity index (χ3v) is 12.9. The van der Waals surface area contributed by atoms with E-state index in [9.17, 15) is 8.42 Å². The van der Waals surface area contributed by atoms with E-state index in [4.69, 9.17) is 10.3 Å². The van der Waals surface area contributed by atoms with E-state index in [0.29, 0.717) is 6.26 Å². The predicted molar refractivity (Wildman–Crippen MR) is 213 cm³/mol. The number of rotatable bonds is 7. The minimum atomic E-state index is -3.67. The molecular formula is C41H55N3O3PPdS-. The van der Waals surface area contributed by atoms with Crippen molar-refractivity contribution in [3.8, 4) is 22.3 Å². The molecular weight excluding hydrogens is 752 g/mol. The van der Waals surface area contributed by atoms with Gasteiger partial charge in [0.2, 0.25) is 0 Å². The molecule has 2 aliphatic rings. The molecule has 0 aromatic heterocycles. The van der Waals surface area contributed by atoms with Crippen molar-refractivity contribution in [1.29, 1.82) is 0 Å². The van der Waals surface area contributed by atoms with Crippen LogP contribution >= 0.6 is 7.92 Å². The van der Waals surface area contributed by atoms with Crippen molar-refractivity contribution in [1.82, 2.24) is 0 Å². The maximum absolute atomic E-state index is 9.19. The van der Waals surface area contributed by atoms with Crippen LogP contribution in [0.15, 0.2) is 91.0 Å². The molecule has 2 saturated carbocycles. The topological polar surface area (TPSA) is 86.9 Å². The molecule has 50 heavy (non-hydrogen) atoms. The molecule has 2 fully saturated rings. The molecule has 0 bridgehead atoms. The number of nitrogen functional groups attached to an aromatic ring is 1. The largest absolute Gasteiger partial charge is 0.406 e. The number of nitrogens with two attached hydrogens (primary N) is 1. The van der Waals surface area contributed by atoms with Gasteiger partial charge in [-0.3, -0.25) is 4.55 Å². The third-order valence-electron chi connectivity index (χ3n) is 9.33. The van der Waals surface area contributed by atoms with E-state index in [-0.39, 0.29) is 28.3 Å². The van der Waals surface area contributed by atoms with Crippen LogP contribution in [0.25, 0.3) is 22.3 Å². The van der Waals surface area contributed by atoms with Crippen molar-refractivity contribution in [2.24, 2.45) is 0 Å². The molecule has 0 heterocycles. The number of hydrogen-bond donors (Lipinski definition) is 2. The van der Waals surface area contributed by atoms with Crippen LogP contribution in [0.1, 0.15) is 64.2 Å². The minimum absolute atomic E-state index is 0. The van der Waals surface area contributed by atoms with Gasteiger partial charge >= 0.3 is 0 Å². The van der Waals surface area contributed by atoms with Gasteiger partial charge in [-0.2, -0.15) is 8.42 Å². The van der Waals surface area contributed by atoms with E-state index >= 15 is 0 Å². The monoisotopic (exact) mass is 806 g/mol. The zero-order valence-electron chi connectivity index (χ0n) is 30.3. The van der Waals surface area contributed by atoms with Crippen LogP contribution in [0.2, 0.25) is 0 Å². The zero-order chi connectivity index (χ0) is 35.4. The molecule has 6 nitrogen and oxygen atoms in total. The Kier molecular flexibility index (Phi) is 17.0. The number of para-hydroxylation sites is 1. The molecule has 0 amide bonds. The fourth-order valence-corrected chi connectivity index (χ4v) is 11.1. The summed E-state index contributed by atoms with van der Waals surface area (Å²) in [6, 6.07) is 35.1. The number of hydrogen-bond acceptors (Lipinski definition) is 5. The molecule has 4 aromatic carbocycles. The standard InChI is InChI=1S/C28H41N2P.C12H10N.CH4O3S.Pd/c1-29(2)25-19-13-20-26(30(3)4)28(25)24-18-11-12-21-27(24)31(22-14-7-5-8-15-22)23-16-9-6-10-17-23;13-12-9-5-4-8-11(12)10-6-2-1-3-7-10;1-5(2,3)4;/h11-13,18-23H,5-10,14-17H2,1-4H3;1-6,8-9H,13H2;1H3,(H,2,3,4);/q;-1;;. The molecule has 4 aromatic rings. The van der Waals surface area contributed by atoms with Crippen LogP contribution in [0, 0.1) is 6.07 Å². The van der Waals surface area contributed by atoms with Gasteiger partial charge in [0, 0.05) is 65.6 Å². The molecule has 0 spiro atoms. The Balaban J connectivity index is 0.000000293. The SMILES string of the molecule is CN(C)c1cccc(N(C)C)c1-c1ccccc1P(C1CCCCC1)C1CCCCC1.CS(=O)(=O)O.Nc1ccccc1-c1[c-]cccc1.[Pd]. The first-order chi connectivity index (χ1) is 23.5. The second kappa shape index (κ2) is 20.4. The van der Waals surface area contributed by atoms with Crippen LogP contribution in [0.3, 0.4) is 0 Å². The molecule has 0 unspecified atom stereocenters. The van der Waals surface area contributed by atoms with Gasteiger partial charge in [-0.05, 0) is 71.8 Å². The third kappa shape index (κ3) is 12.2. The molecule has 3 N–H and O–H groups in total. The average molecular weight is 807 g/mol. The van der Waals surface area contributed by atoms with E-state index in [1.807, 2.05) is 48.5 Å².